The van der Waals surface area contributed by atoms with E-state index in [1.807, 2.05) is 0 Å². The second-order valence-electron chi connectivity index (χ2n) is 6.94. The molecule has 19 heavy (non-hydrogen) atoms. The van der Waals surface area contributed by atoms with Crippen LogP contribution in [0.1, 0.15) is 66.7 Å². The largest absolute Gasteiger partial charge is 0.303 e. The predicted molar refractivity (Wildman–Crippen MR) is 83.3 cm³/mol. The zero-order valence-corrected chi connectivity index (χ0v) is 13.3. The zero-order chi connectivity index (χ0) is 14.0. The van der Waals surface area contributed by atoms with Crippen molar-refractivity contribution in [3.05, 3.63) is 11.1 Å². The van der Waals surface area contributed by atoms with E-state index >= 15 is 0 Å². The van der Waals surface area contributed by atoms with Crippen LogP contribution in [0.25, 0.3) is 0 Å². The van der Waals surface area contributed by atoms with Gasteiger partial charge in [0.25, 0.3) is 0 Å². The lowest BCUT2D eigenvalue weighted by molar-refractivity contribution is 0.320. The molecule has 108 valence electrons. The number of hydrazone groups is 1. The first kappa shape index (κ1) is 14.6. The fraction of sp³-hybridized carbons (Fsp3) is 0.824. The second-order valence-corrected chi connectivity index (χ2v) is 6.94. The van der Waals surface area contributed by atoms with Crippen LogP contribution in [0.2, 0.25) is 0 Å². The van der Waals surface area contributed by atoms with Crippen LogP contribution in [-0.2, 0) is 0 Å². The Hall–Kier alpha value is -0.790. The van der Waals surface area contributed by atoms with Gasteiger partial charge < -0.3 is 5.43 Å². The van der Waals surface area contributed by atoms with Gasteiger partial charge in [-0.1, -0.05) is 27.7 Å². The highest BCUT2D eigenvalue weighted by Gasteiger charge is 2.27. The molecule has 2 atom stereocenters. The summed E-state index contributed by atoms with van der Waals surface area (Å²) in [5, 5.41) is 4.63. The van der Waals surface area contributed by atoms with Gasteiger partial charge in [0.2, 0.25) is 0 Å². The summed E-state index contributed by atoms with van der Waals surface area (Å²) < 4.78 is 0. The summed E-state index contributed by atoms with van der Waals surface area (Å²) >= 11 is 0. The first-order valence-electron chi connectivity index (χ1n) is 8.06. The Morgan fingerprint density at radius 2 is 1.84 bits per heavy atom. The summed E-state index contributed by atoms with van der Waals surface area (Å²) in [6, 6.07) is 0.434. The van der Waals surface area contributed by atoms with Gasteiger partial charge in [0.05, 0.1) is 11.8 Å². The second kappa shape index (κ2) is 6.11. The van der Waals surface area contributed by atoms with Crippen LogP contribution in [-0.4, -0.2) is 11.8 Å². The number of rotatable bonds is 2. The van der Waals surface area contributed by atoms with Crippen molar-refractivity contribution in [2.24, 2.45) is 22.9 Å². The average Bonchev–Trinajstić information content (AvgIpc) is 2.29. The third kappa shape index (κ3) is 3.21. The molecule has 0 aromatic rings. The third-order valence-corrected chi connectivity index (χ3v) is 4.87. The minimum atomic E-state index is 0.434. The van der Waals surface area contributed by atoms with E-state index in [2.05, 4.69) is 45.1 Å². The highest BCUT2D eigenvalue weighted by atomic mass is 15.3. The Morgan fingerprint density at radius 1 is 1.11 bits per heavy atom. The summed E-state index contributed by atoms with van der Waals surface area (Å²) in [6.07, 6.45) is 6.58. The third-order valence-electron chi connectivity index (χ3n) is 4.87. The fourth-order valence-corrected chi connectivity index (χ4v) is 3.56. The number of hydrogen-bond donors (Lipinski definition) is 1. The van der Waals surface area contributed by atoms with Crippen LogP contribution in [0.15, 0.2) is 16.2 Å². The van der Waals surface area contributed by atoms with Crippen LogP contribution in [0.5, 0.6) is 0 Å². The molecule has 0 aromatic heterocycles. The van der Waals surface area contributed by atoms with Gasteiger partial charge in [-0.3, -0.25) is 0 Å². The average molecular weight is 262 g/mol. The Kier molecular flexibility index (Phi) is 4.70. The minimum absolute atomic E-state index is 0.434. The summed E-state index contributed by atoms with van der Waals surface area (Å²) in [4.78, 5) is 0. The van der Waals surface area contributed by atoms with Gasteiger partial charge in [-0.15, -0.1) is 0 Å². The Balaban J connectivity index is 2.23. The molecule has 1 N–H and O–H groups in total. The standard InChI is InChI=1S/C17H30N2/c1-11(2)14-7-6-8-16-15(10-9-14)13(5)18-19-17(16)12(3)4/h11-14,18H,6-10H2,1-5H3. The molecule has 2 nitrogen and oxygen atoms in total. The highest BCUT2D eigenvalue weighted by Crippen LogP contribution is 2.34. The monoisotopic (exact) mass is 262 g/mol. The zero-order valence-electron chi connectivity index (χ0n) is 13.3. The van der Waals surface area contributed by atoms with Crippen LogP contribution in [0.4, 0.5) is 0 Å². The lowest BCUT2D eigenvalue weighted by atomic mass is 9.78. The maximum atomic E-state index is 4.63. The van der Waals surface area contributed by atoms with E-state index in [-0.39, 0.29) is 0 Å². The van der Waals surface area contributed by atoms with Gasteiger partial charge in [0, 0.05) is 0 Å². The maximum absolute atomic E-state index is 4.63. The molecule has 1 aliphatic carbocycles. The lowest BCUT2D eigenvalue weighted by Gasteiger charge is -2.32. The lowest BCUT2D eigenvalue weighted by Crippen LogP contribution is -2.34. The molecule has 1 heterocycles. The molecule has 2 unspecified atom stereocenters. The summed E-state index contributed by atoms with van der Waals surface area (Å²) in [7, 11) is 0. The summed E-state index contributed by atoms with van der Waals surface area (Å²) in [5.41, 5.74) is 7.88. The van der Waals surface area contributed by atoms with E-state index < -0.39 is 0 Å². The Morgan fingerprint density at radius 3 is 2.47 bits per heavy atom. The van der Waals surface area contributed by atoms with E-state index in [9.17, 15) is 0 Å². The van der Waals surface area contributed by atoms with E-state index in [0.29, 0.717) is 12.0 Å². The summed E-state index contributed by atoms with van der Waals surface area (Å²) in [6.45, 7) is 11.5. The molecule has 0 saturated heterocycles. The van der Waals surface area contributed by atoms with Crippen molar-refractivity contribution < 1.29 is 0 Å². The van der Waals surface area contributed by atoms with Crippen molar-refractivity contribution in [3.63, 3.8) is 0 Å². The fourth-order valence-electron chi connectivity index (χ4n) is 3.56. The molecule has 0 aromatic carbocycles. The molecule has 2 heteroatoms. The topological polar surface area (TPSA) is 24.4 Å². The van der Waals surface area contributed by atoms with Crippen LogP contribution in [0.3, 0.4) is 0 Å². The molecule has 0 fully saturated rings. The Labute approximate surface area is 118 Å². The smallest absolute Gasteiger partial charge is 0.0660 e. The normalized spacial score (nSPS) is 28.7. The van der Waals surface area contributed by atoms with Crippen molar-refractivity contribution in [1.82, 2.24) is 5.43 Å². The maximum Gasteiger partial charge on any atom is 0.0660 e. The van der Waals surface area contributed by atoms with Gasteiger partial charge >= 0.3 is 0 Å². The highest BCUT2D eigenvalue weighted by molar-refractivity contribution is 6.02. The molecule has 1 aliphatic heterocycles. The Bertz CT molecular complexity index is 377. The first-order chi connectivity index (χ1) is 9.00. The van der Waals surface area contributed by atoms with Crippen LogP contribution in [0, 0.1) is 17.8 Å². The van der Waals surface area contributed by atoms with Crippen LogP contribution < -0.4 is 5.43 Å². The van der Waals surface area contributed by atoms with Crippen molar-refractivity contribution >= 4 is 5.71 Å². The molecule has 0 spiro atoms. The van der Waals surface area contributed by atoms with E-state index in [1.165, 1.54) is 37.8 Å². The molecule has 0 bridgehead atoms. The van der Waals surface area contributed by atoms with E-state index in [0.717, 1.165) is 11.8 Å². The number of nitrogens with one attached hydrogen (secondary N) is 1. The van der Waals surface area contributed by atoms with Gasteiger partial charge in [-0.05, 0) is 67.9 Å². The SMILES string of the molecule is CC(C)C1=NNC(C)C2=C1CCCC(C(C)C)CC2. The van der Waals surface area contributed by atoms with E-state index in [4.69, 9.17) is 0 Å². The number of allylic oxidation sites excluding steroid dienone is 1. The molecule has 2 aliphatic rings. The van der Waals surface area contributed by atoms with Crippen molar-refractivity contribution in [2.45, 2.75) is 72.8 Å². The summed E-state index contributed by atoms with van der Waals surface area (Å²) in [5.74, 6) is 2.26. The number of nitrogens with zero attached hydrogens (tertiary/aromatic N) is 1. The predicted octanol–water partition coefficient (Wildman–Crippen LogP) is 4.52. The molecular weight excluding hydrogens is 232 g/mol. The van der Waals surface area contributed by atoms with Crippen molar-refractivity contribution in [1.29, 1.82) is 0 Å². The first-order valence-corrected chi connectivity index (χ1v) is 8.06. The van der Waals surface area contributed by atoms with Gasteiger partial charge in [0.15, 0.2) is 0 Å². The molecule has 0 saturated carbocycles. The molecule has 0 amide bonds. The van der Waals surface area contributed by atoms with Gasteiger partial charge in [-0.2, -0.15) is 5.10 Å². The van der Waals surface area contributed by atoms with Gasteiger partial charge in [0.1, 0.15) is 0 Å². The minimum Gasteiger partial charge on any atom is -0.303 e. The van der Waals surface area contributed by atoms with Crippen molar-refractivity contribution in [3.8, 4) is 0 Å². The quantitative estimate of drug-likeness (QED) is 0.777. The van der Waals surface area contributed by atoms with Gasteiger partial charge in [-0.25, -0.2) is 0 Å². The van der Waals surface area contributed by atoms with Crippen LogP contribution >= 0.6 is 0 Å². The molecule has 0 radical (unpaired) electrons. The van der Waals surface area contributed by atoms with E-state index in [1.54, 1.807) is 11.1 Å². The molecule has 2 rings (SSSR count). The number of hydrogen-bond acceptors (Lipinski definition) is 2. The molecular formula is C17H30N2. The van der Waals surface area contributed by atoms with Crippen molar-refractivity contribution in [2.75, 3.05) is 0 Å².